The topological polar surface area (TPSA) is 160 Å². The molecule has 0 atom stereocenters. The molecular formula is C13H17FN8O2. The van der Waals surface area contributed by atoms with E-state index in [-0.39, 0.29) is 29.1 Å². The van der Waals surface area contributed by atoms with E-state index in [4.69, 9.17) is 11.5 Å². The van der Waals surface area contributed by atoms with E-state index < -0.39 is 0 Å². The van der Waals surface area contributed by atoms with Gasteiger partial charge in [-0.2, -0.15) is 0 Å². The Morgan fingerprint density at radius 1 is 1.38 bits per heavy atom. The first-order chi connectivity index (χ1) is 11.5. The maximum Gasteiger partial charge on any atom is 0.202 e. The van der Waals surface area contributed by atoms with E-state index in [2.05, 4.69) is 30.2 Å². The summed E-state index contributed by atoms with van der Waals surface area (Å²) in [6.45, 7) is 2.27. The standard InChI is InChI=1S/C13H17FN8O2/c1-7-6-8(2-3-9(7)14)19-12(20-23)10-11(22-24-21-10)17-4-5-18-13(15)16/h2-3,6,23H,4-5H2,1H3,(H,17,22)(H,19,20)(H4,15,16,18). The van der Waals surface area contributed by atoms with Gasteiger partial charge in [-0.15, -0.1) is 0 Å². The number of hydrogen-bond donors (Lipinski definition) is 5. The number of nitrogens with zero attached hydrogens (tertiary/aromatic N) is 4. The second-order valence-electron chi connectivity index (χ2n) is 4.70. The molecule has 0 aliphatic carbocycles. The summed E-state index contributed by atoms with van der Waals surface area (Å²) in [6.07, 6.45) is 0. The van der Waals surface area contributed by atoms with Crippen LogP contribution < -0.4 is 22.3 Å². The third kappa shape index (κ3) is 4.39. The van der Waals surface area contributed by atoms with Crippen LogP contribution in [-0.2, 0) is 0 Å². The zero-order valence-electron chi connectivity index (χ0n) is 12.8. The number of rotatable bonds is 6. The average Bonchev–Trinajstić information content (AvgIpc) is 3.00. The molecule has 7 N–H and O–H groups in total. The van der Waals surface area contributed by atoms with E-state index in [9.17, 15) is 9.60 Å². The van der Waals surface area contributed by atoms with Crippen molar-refractivity contribution < 1.29 is 14.2 Å². The van der Waals surface area contributed by atoms with Crippen LogP contribution in [0.3, 0.4) is 0 Å². The molecule has 0 fully saturated rings. The highest BCUT2D eigenvalue weighted by Gasteiger charge is 2.16. The van der Waals surface area contributed by atoms with E-state index in [1.165, 1.54) is 18.2 Å². The number of anilines is 1. The number of nitrogens with one attached hydrogen (secondary N) is 2. The lowest BCUT2D eigenvalue weighted by molar-refractivity contribution is 0.234. The molecule has 11 heteroatoms. The van der Waals surface area contributed by atoms with E-state index in [1.807, 2.05) is 5.48 Å². The first kappa shape index (κ1) is 17.1. The first-order valence-corrected chi connectivity index (χ1v) is 6.88. The lowest BCUT2D eigenvalue weighted by Gasteiger charge is -2.05. The number of aryl methyl sites for hydroxylation is 1. The van der Waals surface area contributed by atoms with Gasteiger partial charge in [-0.3, -0.25) is 15.7 Å². The quantitative estimate of drug-likeness (QED) is 0.217. The molecule has 0 saturated carbocycles. The maximum absolute atomic E-state index is 13.3. The molecule has 128 valence electrons. The lowest BCUT2D eigenvalue weighted by atomic mass is 10.2. The molecular weight excluding hydrogens is 319 g/mol. The van der Waals surface area contributed by atoms with Crippen molar-refractivity contribution in [1.29, 1.82) is 0 Å². The Kier molecular flexibility index (Phi) is 5.63. The largest absolute Gasteiger partial charge is 0.370 e. The van der Waals surface area contributed by atoms with Gasteiger partial charge in [-0.05, 0) is 41.0 Å². The monoisotopic (exact) mass is 336 g/mol. The third-order valence-electron chi connectivity index (χ3n) is 2.90. The van der Waals surface area contributed by atoms with Crippen LogP contribution in [-0.4, -0.2) is 40.4 Å². The van der Waals surface area contributed by atoms with Crippen LogP contribution in [0, 0.1) is 12.7 Å². The summed E-state index contributed by atoms with van der Waals surface area (Å²) in [7, 11) is 0. The van der Waals surface area contributed by atoms with Gasteiger partial charge in [0.05, 0.1) is 12.2 Å². The van der Waals surface area contributed by atoms with Crippen LogP contribution in [0.2, 0.25) is 0 Å². The molecule has 24 heavy (non-hydrogen) atoms. The number of hydrogen-bond acceptors (Lipinski definition) is 7. The minimum atomic E-state index is -0.349. The SMILES string of the molecule is Cc1cc(N=C(NO)c2nonc2NCCN=C(N)N)ccc1F. The molecule has 0 aliphatic rings. The van der Waals surface area contributed by atoms with Crippen molar-refractivity contribution in [2.75, 3.05) is 18.4 Å². The normalized spacial score (nSPS) is 11.2. The van der Waals surface area contributed by atoms with Gasteiger partial charge >= 0.3 is 0 Å². The van der Waals surface area contributed by atoms with Gasteiger partial charge in [0.25, 0.3) is 0 Å². The molecule has 0 bridgehead atoms. The van der Waals surface area contributed by atoms with Crippen LogP contribution >= 0.6 is 0 Å². The van der Waals surface area contributed by atoms with Crippen LogP contribution in [0.15, 0.2) is 32.8 Å². The number of halogens is 1. The lowest BCUT2D eigenvalue weighted by Crippen LogP contribution is -2.24. The number of amidine groups is 1. The second kappa shape index (κ2) is 7.87. The van der Waals surface area contributed by atoms with Crippen molar-refractivity contribution in [2.24, 2.45) is 21.5 Å². The molecule has 0 spiro atoms. The Labute approximate surface area is 136 Å². The van der Waals surface area contributed by atoms with Gasteiger partial charge in [0.15, 0.2) is 17.5 Å². The minimum absolute atomic E-state index is 0.0217. The van der Waals surface area contributed by atoms with Gasteiger partial charge < -0.3 is 16.8 Å². The van der Waals surface area contributed by atoms with E-state index in [1.54, 1.807) is 6.92 Å². The molecule has 0 amide bonds. The van der Waals surface area contributed by atoms with Crippen LogP contribution in [0.4, 0.5) is 15.9 Å². The van der Waals surface area contributed by atoms with E-state index >= 15 is 0 Å². The predicted octanol–water partition coefficient (Wildman–Crippen LogP) is 0.260. The van der Waals surface area contributed by atoms with Crippen LogP contribution in [0.25, 0.3) is 0 Å². The molecule has 0 saturated heterocycles. The fraction of sp³-hybridized carbons (Fsp3) is 0.231. The fourth-order valence-electron chi connectivity index (χ4n) is 1.78. The molecule has 1 aromatic carbocycles. The van der Waals surface area contributed by atoms with Gasteiger partial charge in [0, 0.05) is 6.54 Å². The van der Waals surface area contributed by atoms with Gasteiger partial charge in [0.2, 0.25) is 5.82 Å². The van der Waals surface area contributed by atoms with Crippen LogP contribution in [0.5, 0.6) is 0 Å². The summed E-state index contributed by atoms with van der Waals surface area (Å²) in [5.41, 5.74) is 13.4. The summed E-state index contributed by atoms with van der Waals surface area (Å²) in [5.74, 6) is -0.162. The summed E-state index contributed by atoms with van der Waals surface area (Å²) >= 11 is 0. The zero-order chi connectivity index (χ0) is 17.5. The Morgan fingerprint density at radius 3 is 2.83 bits per heavy atom. The number of benzene rings is 1. The molecule has 0 aliphatic heterocycles. The van der Waals surface area contributed by atoms with Gasteiger partial charge in [0.1, 0.15) is 5.82 Å². The third-order valence-corrected chi connectivity index (χ3v) is 2.90. The van der Waals surface area contributed by atoms with E-state index in [0.717, 1.165) is 0 Å². The fourth-order valence-corrected chi connectivity index (χ4v) is 1.78. The zero-order valence-corrected chi connectivity index (χ0v) is 12.8. The minimum Gasteiger partial charge on any atom is -0.370 e. The Morgan fingerprint density at radius 2 is 2.17 bits per heavy atom. The average molecular weight is 336 g/mol. The van der Waals surface area contributed by atoms with Crippen molar-refractivity contribution in [2.45, 2.75) is 6.92 Å². The van der Waals surface area contributed by atoms with Crippen molar-refractivity contribution >= 4 is 23.3 Å². The number of nitrogens with two attached hydrogens (primary N) is 2. The van der Waals surface area contributed by atoms with Crippen molar-refractivity contribution in [3.8, 4) is 0 Å². The highest BCUT2D eigenvalue weighted by atomic mass is 19.1. The first-order valence-electron chi connectivity index (χ1n) is 6.88. The highest BCUT2D eigenvalue weighted by molar-refractivity contribution is 6.01. The Bertz CT molecular complexity index is 754. The van der Waals surface area contributed by atoms with Crippen molar-refractivity contribution in [1.82, 2.24) is 15.8 Å². The van der Waals surface area contributed by atoms with Crippen molar-refractivity contribution in [3.63, 3.8) is 0 Å². The highest BCUT2D eigenvalue weighted by Crippen LogP contribution is 2.19. The Balaban J connectivity index is 2.18. The number of hydroxylamine groups is 1. The maximum atomic E-state index is 13.3. The molecule has 0 radical (unpaired) electrons. The summed E-state index contributed by atoms with van der Waals surface area (Å²) in [6, 6.07) is 4.25. The van der Waals surface area contributed by atoms with Crippen LogP contribution in [0.1, 0.15) is 11.3 Å². The number of aromatic nitrogens is 2. The van der Waals surface area contributed by atoms with Gasteiger partial charge in [-0.25, -0.2) is 14.0 Å². The molecule has 0 unspecified atom stereocenters. The second-order valence-corrected chi connectivity index (χ2v) is 4.70. The Hall–Kier alpha value is -3.21. The summed E-state index contributed by atoms with van der Waals surface area (Å²) in [5, 5.41) is 19.5. The summed E-state index contributed by atoms with van der Waals surface area (Å²) < 4.78 is 17.9. The van der Waals surface area contributed by atoms with Gasteiger partial charge in [-0.1, -0.05) is 0 Å². The van der Waals surface area contributed by atoms with Crippen molar-refractivity contribution in [3.05, 3.63) is 35.3 Å². The molecule has 1 aromatic heterocycles. The number of aliphatic imine (C=N–C) groups is 2. The molecule has 2 rings (SSSR count). The van der Waals surface area contributed by atoms with E-state index in [0.29, 0.717) is 24.3 Å². The molecule has 2 aromatic rings. The number of guanidine groups is 1. The molecule has 10 nitrogen and oxygen atoms in total. The summed E-state index contributed by atoms with van der Waals surface area (Å²) in [4.78, 5) is 7.96. The molecule has 1 heterocycles. The predicted molar refractivity (Wildman–Crippen MR) is 85.7 cm³/mol. The smallest absolute Gasteiger partial charge is 0.202 e.